The van der Waals surface area contributed by atoms with Crippen LogP contribution in [0.5, 0.6) is 0 Å². The zero-order chi connectivity index (χ0) is 9.54. The van der Waals surface area contributed by atoms with Crippen molar-refractivity contribution in [3.05, 3.63) is 0 Å². The minimum absolute atomic E-state index is 0.398. The summed E-state index contributed by atoms with van der Waals surface area (Å²) in [6, 6.07) is 0.841. The number of carbonyl (C=O) groups is 1. The molecule has 78 valence electrons. The van der Waals surface area contributed by atoms with Crippen molar-refractivity contribution in [2.75, 3.05) is 13.1 Å². The van der Waals surface area contributed by atoms with Gasteiger partial charge in [0.25, 0.3) is 0 Å². The van der Waals surface area contributed by atoms with Gasteiger partial charge in [0.15, 0.2) is 0 Å². The van der Waals surface area contributed by atoms with E-state index in [0.29, 0.717) is 11.7 Å². The Balaban J connectivity index is 1.60. The first-order valence-corrected chi connectivity index (χ1v) is 6.09. The number of nitrogens with zero attached hydrogens (tertiary/aromatic N) is 1. The number of carbonyl (C=O) groups excluding carboxylic acids is 1. The van der Waals surface area contributed by atoms with Crippen LogP contribution in [0.4, 0.5) is 0 Å². The maximum atomic E-state index is 11.5. The van der Waals surface area contributed by atoms with E-state index in [1.54, 1.807) is 0 Å². The number of Topliss-reactive ketones (excluding diaryl/α,β-unsaturated/α-hetero) is 1. The maximum Gasteiger partial charge on any atom is 0.137 e. The van der Waals surface area contributed by atoms with Gasteiger partial charge in [-0.05, 0) is 38.0 Å². The van der Waals surface area contributed by atoms with Crippen LogP contribution in [0.1, 0.15) is 38.5 Å². The van der Waals surface area contributed by atoms with Gasteiger partial charge in [-0.1, -0.05) is 0 Å². The van der Waals surface area contributed by atoms with Crippen molar-refractivity contribution < 1.29 is 4.79 Å². The van der Waals surface area contributed by atoms with Gasteiger partial charge in [0.2, 0.25) is 0 Å². The monoisotopic (exact) mass is 193 g/mol. The molecule has 3 aliphatic rings. The summed E-state index contributed by atoms with van der Waals surface area (Å²) in [4.78, 5) is 14.1. The van der Waals surface area contributed by atoms with Crippen molar-refractivity contribution in [3.63, 3.8) is 0 Å². The Bertz CT molecular complexity index is 251. The zero-order valence-corrected chi connectivity index (χ0v) is 8.74. The summed E-state index contributed by atoms with van der Waals surface area (Å²) in [7, 11) is 0. The molecule has 3 unspecified atom stereocenters. The zero-order valence-electron chi connectivity index (χ0n) is 8.74. The van der Waals surface area contributed by atoms with Crippen LogP contribution in [0.2, 0.25) is 0 Å². The molecule has 1 aliphatic heterocycles. The SMILES string of the molecule is O=C1CCCC1CN1CC2CCC1C2. The van der Waals surface area contributed by atoms with Gasteiger partial charge in [0.05, 0.1) is 0 Å². The molecule has 2 heteroatoms. The molecule has 1 saturated heterocycles. The highest BCUT2D eigenvalue weighted by molar-refractivity contribution is 5.83. The van der Waals surface area contributed by atoms with Crippen molar-refractivity contribution >= 4 is 5.78 Å². The van der Waals surface area contributed by atoms with E-state index >= 15 is 0 Å². The van der Waals surface area contributed by atoms with Crippen LogP contribution in [0.15, 0.2) is 0 Å². The smallest absolute Gasteiger partial charge is 0.137 e. The number of ketones is 1. The summed E-state index contributed by atoms with van der Waals surface area (Å²) in [5, 5.41) is 0. The largest absolute Gasteiger partial charge is 0.299 e. The first kappa shape index (κ1) is 8.90. The molecule has 14 heavy (non-hydrogen) atoms. The van der Waals surface area contributed by atoms with Crippen LogP contribution in [-0.2, 0) is 4.79 Å². The molecule has 2 nitrogen and oxygen atoms in total. The number of fused-ring (bicyclic) bond motifs is 2. The van der Waals surface area contributed by atoms with Gasteiger partial charge in [-0.3, -0.25) is 9.69 Å². The van der Waals surface area contributed by atoms with Crippen molar-refractivity contribution in [2.45, 2.75) is 44.6 Å². The van der Waals surface area contributed by atoms with E-state index in [9.17, 15) is 4.79 Å². The highest BCUT2D eigenvalue weighted by atomic mass is 16.1. The number of piperidine rings is 1. The van der Waals surface area contributed by atoms with E-state index < -0.39 is 0 Å². The van der Waals surface area contributed by atoms with E-state index in [2.05, 4.69) is 4.90 Å². The molecule has 0 radical (unpaired) electrons. The molecule has 2 aliphatic carbocycles. The van der Waals surface area contributed by atoms with Crippen LogP contribution in [0.25, 0.3) is 0 Å². The minimum atomic E-state index is 0.398. The first-order chi connectivity index (χ1) is 6.83. The molecule has 3 rings (SSSR count). The van der Waals surface area contributed by atoms with Gasteiger partial charge in [0, 0.05) is 31.5 Å². The van der Waals surface area contributed by atoms with E-state index in [-0.39, 0.29) is 0 Å². The van der Waals surface area contributed by atoms with Crippen molar-refractivity contribution in [2.24, 2.45) is 11.8 Å². The second-order valence-electron chi connectivity index (χ2n) is 5.34. The average molecular weight is 193 g/mol. The third kappa shape index (κ3) is 1.40. The topological polar surface area (TPSA) is 20.3 Å². The molecule has 0 amide bonds. The summed E-state index contributed by atoms with van der Waals surface area (Å²) in [6.07, 6.45) is 7.41. The van der Waals surface area contributed by atoms with E-state index in [4.69, 9.17) is 0 Å². The molecule has 0 N–H and O–H groups in total. The van der Waals surface area contributed by atoms with Crippen LogP contribution >= 0.6 is 0 Å². The van der Waals surface area contributed by atoms with Gasteiger partial charge in [-0.15, -0.1) is 0 Å². The first-order valence-electron chi connectivity index (χ1n) is 6.09. The Hall–Kier alpha value is -0.370. The van der Waals surface area contributed by atoms with Crippen molar-refractivity contribution in [1.82, 2.24) is 4.90 Å². The number of likely N-dealkylation sites (tertiary alicyclic amines) is 1. The Morgan fingerprint density at radius 1 is 1.29 bits per heavy atom. The lowest BCUT2D eigenvalue weighted by atomic mass is 10.0. The fourth-order valence-electron chi connectivity index (χ4n) is 3.61. The van der Waals surface area contributed by atoms with Crippen LogP contribution in [-0.4, -0.2) is 29.8 Å². The molecule has 1 heterocycles. The lowest BCUT2D eigenvalue weighted by Crippen LogP contribution is -2.37. The van der Waals surface area contributed by atoms with Gasteiger partial charge in [-0.25, -0.2) is 0 Å². The molecule has 3 atom stereocenters. The van der Waals surface area contributed by atoms with E-state index in [1.165, 1.54) is 25.8 Å². The molecule has 0 aromatic carbocycles. The molecule has 2 saturated carbocycles. The summed E-state index contributed by atoms with van der Waals surface area (Å²) >= 11 is 0. The Kier molecular flexibility index (Phi) is 2.12. The highest BCUT2D eigenvalue weighted by Gasteiger charge is 2.39. The summed E-state index contributed by atoms with van der Waals surface area (Å²) in [5.41, 5.74) is 0. The quantitative estimate of drug-likeness (QED) is 0.667. The van der Waals surface area contributed by atoms with Crippen molar-refractivity contribution in [1.29, 1.82) is 0 Å². The minimum Gasteiger partial charge on any atom is -0.299 e. The second kappa shape index (κ2) is 3.34. The van der Waals surface area contributed by atoms with Gasteiger partial charge < -0.3 is 0 Å². The molecular formula is C12H19NO. The Labute approximate surface area is 85.7 Å². The van der Waals surface area contributed by atoms with Gasteiger partial charge in [0.1, 0.15) is 5.78 Å². The van der Waals surface area contributed by atoms with Gasteiger partial charge in [-0.2, -0.15) is 0 Å². The van der Waals surface area contributed by atoms with Crippen LogP contribution in [0, 0.1) is 11.8 Å². The third-order valence-electron chi connectivity index (χ3n) is 4.41. The Morgan fingerprint density at radius 2 is 2.21 bits per heavy atom. The maximum absolute atomic E-state index is 11.5. The molecule has 0 aromatic rings. The molecule has 2 bridgehead atoms. The van der Waals surface area contributed by atoms with Crippen molar-refractivity contribution in [3.8, 4) is 0 Å². The predicted molar refractivity (Wildman–Crippen MR) is 55.1 cm³/mol. The number of hydrogen-bond acceptors (Lipinski definition) is 2. The normalized spacial score (nSPS) is 42.6. The molecule has 3 fully saturated rings. The molecule has 0 aromatic heterocycles. The average Bonchev–Trinajstić information content (AvgIpc) is 2.83. The second-order valence-corrected chi connectivity index (χ2v) is 5.34. The van der Waals surface area contributed by atoms with Gasteiger partial charge >= 0.3 is 0 Å². The summed E-state index contributed by atoms with van der Waals surface area (Å²) in [5.74, 6) is 1.90. The molecular weight excluding hydrogens is 174 g/mol. The summed E-state index contributed by atoms with van der Waals surface area (Å²) < 4.78 is 0. The number of rotatable bonds is 2. The number of hydrogen-bond donors (Lipinski definition) is 0. The fourth-order valence-corrected chi connectivity index (χ4v) is 3.61. The standard InChI is InChI=1S/C12H19NO/c14-12-3-1-2-10(12)8-13-7-9-4-5-11(13)6-9/h9-11H,1-8H2. The van der Waals surface area contributed by atoms with E-state index in [1.807, 2.05) is 0 Å². The highest BCUT2D eigenvalue weighted by Crippen LogP contribution is 2.38. The fraction of sp³-hybridized carbons (Fsp3) is 0.917. The van der Waals surface area contributed by atoms with E-state index in [0.717, 1.165) is 37.8 Å². The third-order valence-corrected chi connectivity index (χ3v) is 4.41. The lowest BCUT2D eigenvalue weighted by Gasteiger charge is -2.28. The Morgan fingerprint density at radius 3 is 2.79 bits per heavy atom. The predicted octanol–water partition coefficient (Wildman–Crippen LogP) is 1.84. The summed E-state index contributed by atoms with van der Waals surface area (Å²) in [6.45, 7) is 2.37. The van der Waals surface area contributed by atoms with Crippen LogP contribution in [0.3, 0.4) is 0 Å². The van der Waals surface area contributed by atoms with Crippen LogP contribution < -0.4 is 0 Å². The lowest BCUT2D eigenvalue weighted by molar-refractivity contribution is -0.121. The molecule has 0 spiro atoms.